The molecule has 2 amide bonds. The van der Waals surface area contributed by atoms with Crippen molar-refractivity contribution in [3.63, 3.8) is 0 Å². The van der Waals surface area contributed by atoms with Crippen molar-refractivity contribution in [2.24, 2.45) is 5.92 Å². The maximum Gasteiger partial charge on any atom is 0.227 e. The van der Waals surface area contributed by atoms with Crippen molar-refractivity contribution in [3.05, 3.63) is 23.8 Å². The van der Waals surface area contributed by atoms with Gasteiger partial charge in [0.25, 0.3) is 0 Å². The second kappa shape index (κ2) is 6.48. The van der Waals surface area contributed by atoms with Crippen molar-refractivity contribution in [1.29, 1.82) is 0 Å². The first-order valence-electron chi connectivity index (χ1n) is 7.92. The minimum absolute atomic E-state index is 0.120. The summed E-state index contributed by atoms with van der Waals surface area (Å²) in [6, 6.07) is 5.81. The summed E-state index contributed by atoms with van der Waals surface area (Å²) in [5.74, 6) is 0.431. The number of anilines is 2. The molecule has 1 aromatic carbocycles. The first-order valence-corrected chi connectivity index (χ1v) is 7.92. The molecule has 1 aliphatic heterocycles. The molecule has 0 radical (unpaired) electrons. The third-order valence-electron chi connectivity index (χ3n) is 4.54. The Morgan fingerprint density at radius 1 is 1.36 bits per heavy atom. The molecule has 0 spiro atoms. The Hall–Kier alpha value is -1.88. The Morgan fingerprint density at radius 3 is 2.86 bits per heavy atom. The van der Waals surface area contributed by atoms with E-state index in [4.69, 9.17) is 4.74 Å². The van der Waals surface area contributed by atoms with Crippen LogP contribution in [-0.4, -0.2) is 32.1 Å². The normalized spacial score (nSPS) is 17.9. The molecule has 118 valence electrons. The van der Waals surface area contributed by atoms with Gasteiger partial charge in [-0.3, -0.25) is 9.59 Å². The van der Waals surface area contributed by atoms with E-state index >= 15 is 0 Å². The number of ether oxygens (including phenoxy) is 1. The molecule has 0 unspecified atom stereocenters. The predicted octanol–water partition coefficient (Wildman–Crippen LogP) is 2.35. The molecule has 1 heterocycles. The Balaban J connectivity index is 1.75. The number of rotatable bonds is 5. The van der Waals surface area contributed by atoms with Crippen LogP contribution in [0.3, 0.4) is 0 Å². The fourth-order valence-corrected chi connectivity index (χ4v) is 2.98. The number of benzene rings is 1. The zero-order valence-electron chi connectivity index (χ0n) is 12.9. The van der Waals surface area contributed by atoms with Crippen molar-refractivity contribution in [3.8, 4) is 0 Å². The molecule has 1 saturated carbocycles. The lowest BCUT2D eigenvalue weighted by atomic mass is 9.85. The Morgan fingerprint density at radius 2 is 2.18 bits per heavy atom. The van der Waals surface area contributed by atoms with E-state index in [1.54, 1.807) is 12.0 Å². The number of carbonyl (C=O) groups excluding carboxylic acids is 2. The smallest absolute Gasteiger partial charge is 0.227 e. The number of fused-ring (bicyclic) bond motifs is 1. The van der Waals surface area contributed by atoms with E-state index in [0.717, 1.165) is 42.6 Å². The summed E-state index contributed by atoms with van der Waals surface area (Å²) in [4.78, 5) is 25.9. The lowest BCUT2D eigenvalue weighted by Crippen LogP contribution is -2.37. The molecular weight excluding hydrogens is 280 g/mol. The number of amides is 2. The van der Waals surface area contributed by atoms with Gasteiger partial charge >= 0.3 is 0 Å². The van der Waals surface area contributed by atoms with Gasteiger partial charge in [0, 0.05) is 37.4 Å². The Labute approximate surface area is 130 Å². The van der Waals surface area contributed by atoms with Gasteiger partial charge in [0.1, 0.15) is 0 Å². The lowest BCUT2D eigenvalue weighted by molar-refractivity contribution is -0.122. The zero-order chi connectivity index (χ0) is 15.5. The van der Waals surface area contributed by atoms with Gasteiger partial charge in [-0.2, -0.15) is 0 Å². The van der Waals surface area contributed by atoms with E-state index in [9.17, 15) is 9.59 Å². The van der Waals surface area contributed by atoms with Crippen molar-refractivity contribution in [2.75, 3.05) is 30.5 Å². The Bertz CT molecular complexity index is 581. The van der Waals surface area contributed by atoms with Crippen LogP contribution < -0.4 is 10.2 Å². The highest BCUT2D eigenvalue weighted by Crippen LogP contribution is 2.32. The fourth-order valence-electron chi connectivity index (χ4n) is 2.98. The fraction of sp³-hybridized carbons (Fsp3) is 0.529. The number of methoxy groups -OCH3 is 1. The SMILES string of the molecule is COCCN1C(=O)CCc2cc(NC(=O)C3CCC3)ccc21. The molecule has 0 atom stereocenters. The van der Waals surface area contributed by atoms with Gasteiger partial charge in [0.15, 0.2) is 0 Å². The van der Waals surface area contributed by atoms with E-state index in [1.165, 1.54) is 0 Å². The monoisotopic (exact) mass is 302 g/mol. The van der Waals surface area contributed by atoms with Crippen molar-refractivity contribution in [1.82, 2.24) is 0 Å². The second-order valence-electron chi connectivity index (χ2n) is 6.00. The summed E-state index contributed by atoms with van der Waals surface area (Å²) in [5, 5.41) is 3.00. The van der Waals surface area contributed by atoms with Crippen molar-refractivity contribution < 1.29 is 14.3 Å². The van der Waals surface area contributed by atoms with Gasteiger partial charge < -0.3 is 15.0 Å². The molecule has 1 aromatic rings. The van der Waals surface area contributed by atoms with E-state index in [2.05, 4.69) is 5.32 Å². The quantitative estimate of drug-likeness (QED) is 0.908. The van der Waals surface area contributed by atoms with Crippen LogP contribution >= 0.6 is 0 Å². The number of carbonyl (C=O) groups is 2. The summed E-state index contributed by atoms with van der Waals surface area (Å²) >= 11 is 0. The Kier molecular flexibility index (Phi) is 4.43. The largest absolute Gasteiger partial charge is 0.383 e. The average Bonchev–Trinajstić information content (AvgIpc) is 2.44. The molecule has 3 rings (SSSR count). The minimum Gasteiger partial charge on any atom is -0.383 e. The molecule has 0 saturated heterocycles. The van der Waals surface area contributed by atoms with Crippen molar-refractivity contribution >= 4 is 23.2 Å². The molecule has 5 heteroatoms. The van der Waals surface area contributed by atoms with Gasteiger partial charge in [-0.05, 0) is 43.0 Å². The predicted molar refractivity (Wildman–Crippen MR) is 85.0 cm³/mol. The standard InChI is InChI=1S/C17H22N2O3/c1-22-10-9-19-15-7-6-14(11-13(15)5-8-16(19)20)18-17(21)12-3-2-4-12/h6-7,11-12H,2-5,8-10H2,1H3,(H,18,21). The first-order chi connectivity index (χ1) is 10.7. The molecule has 2 aliphatic rings. The molecule has 1 fully saturated rings. The molecule has 5 nitrogen and oxygen atoms in total. The van der Waals surface area contributed by atoms with Crippen LogP contribution in [0.1, 0.15) is 31.2 Å². The number of aryl methyl sites for hydroxylation is 1. The van der Waals surface area contributed by atoms with E-state index in [-0.39, 0.29) is 17.7 Å². The maximum absolute atomic E-state index is 12.1. The van der Waals surface area contributed by atoms with Gasteiger partial charge in [-0.25, -0.2) is 0 Å². The summed E-state index contributed by atoms with van der Waals surface area (Å²) in [6.45, 7) is 1.08. The van der Waals surface area contributed by atoms with Gasteiger partial charge in [0.2, 0.25) is 11.8 Å². The summed E-state index contributed by atoms with van der Waals surface area (Å²) in [7, 11) is 1.63. The number of hydrogen-bond donors (Lipinski definition) is 1. The molecule has 1 aliphatic carbocycles. The third kappa shape index (κ3) is 2.99. The van der Waals surface area contributed by atoms with Gasteiger partial charge in [-0.1, -0.05) is 6.42 Å². The summed E-state index contributed by atoms with van der Waals surface area (Å²) in [5.41, 5.74) is 2.88. The van der Waals surface area contributed by atoms with Crippen LogP contribution in [0, 0.1) is 5.92 Å². The lowest BCUT2D eigenvalue weighted by Gasteiger charge is -2.30. The topological polar surface area (TPSA) is 58.6 Å². The summed E-state index contributed by atoms with van der Waals surface area (Å²) < 4.78 is 5.08. The van der Waals surface area contributed by atoms with Crippen LogP contribution in [-0.2, 0) is 20.7 Å². The number of hydrogen-bond acceptors (Lipinski definition) is 3. The number of nitrogens with zero attached hydrogens (tertiary/aromatic N) is 1. The highest BCUT2D eigenvalue weighted by atomic mass is 16.5. The highest BCUT2D eigenvalue weighted by Gasteiger charge is 2.27. The maximum atomic E-state index is 12.1. The molecule has 0 aromatic heterocycles. The molecule has 22 heavy (non-hydrogen) atoms. The van der Waals surface area contributed by atoms with Crippen LogP contribution in [0.4, 0.5) is 11.4 Å². The van der Waals surface area contributed by atoms with Crippen LogP contribution in [0.25, 0.3) is 0 Å². The molecule has 0 bridgehead atoms. The van der Waals surface area contributed by atoms with Gasteiger partial charge in [-0.15, -0.1) is 0 Å². The molecular formula is C17H22N2O3. The molecule has 1 N–H and O–H groups in total. The average molecular weight is 302 g/mol. The van der Waals surface area contributed by atoms with Crippen LogP contribution in [0.5, 0.6) is 0 Å². The zero-order valence-corrected chi connectivity index (χ0v) is 12.9. The minimum atomic E-state index is 0.120. The van der Waals surface area contributed by atoms with Crippen LogP contribution in [0.15, 0.2) is 18.2 Å². The first kappa shape index (κ1) is 15.0. The summed E-state index contributed by atoms with van der Waals surface area (Å²) in [6.07, 6.45) is 4.38. The second-order valence-corrected chi connectivity index (χ2v) is 6.00. The van der Waals surface area contributed by atoms with E-state index in [0.29, 0.717) is 19.6 Å². The highest BCUT2D eigenvalue weighted by molar-refractivity contribution is 5.98. The number of nitrogens with one attached hydrogen (secondary N) is 1. The van der Waals surface area contributed by atoms with Gasteiger partial charge in [0.05, 0.1) is 6.61 Å². The van der Waals surface area contributed by atoms with Crippen LogP contribution in [0.2, 0.25) is 0 Å². The van der Waals surface area contributed by atoms with Crippen molar-refractivity contribution in [2.45, 2.75) is 32.1 Å². The third-order valence-corrected chi connectivity index (χ3v) is 4.54. The van der Waals surface area contributed by atoms with E-state index in [1.807, 2.05) is 18.2 Å². The van der Waals surface area contributed by atoms with E-state index < -0.39 is 0 Å².